The largest absolute Gasteiger partial charge is 0.463 e. The summed E-state index contributed by atoms with van der Waals surface area (Å²) >= 11 is 0. The molecule has 1 saturated heterocycles. The molecule has 0 N–H and O–H groups in total. The molecule has 14 saturated carbocycles. The van der Waals surface area contributed by atoms with Crippen LogP contribution in [0.25, 0.3) is 0 Å². The van der Waals surface area contributed by atoms with Crippen LogP contribution in [0.2, 0.25) is 0 Å². The zero-order valence-electron chi connectivity index (χ0n) is 70.6. The van der Waals surface area contributed by atoms with E-state index < -0.39 is 29.2 Å². The van der Waals surface area contributed by atoms with Crippen LogP contribution in [-0.4, -0.2) is 88.8 Å². The lowest BCUT2D eigenvalue weighted by atomic mass is 9.46. The minimum Gasteiger partial charge on any atom is -0.463 e. The van der Waals surface area contributed by atoms with Crippen LogP contribution in [0, 0.1) is 97.1 Å². The Morgan fingerprint density at radius 2 is 0.731 bits per heavy atom. The standard InChI is InChI=1S/C19H32O2.C18H30O3.C17H28O2.C13H24O2.C12H22O2.C10H16O4/c1-6-17(2,3)16(20)21-18(4,5)19-10-13-7-14(11-19)9-15(8-13)12-19;1-5-17(3,4)16(19)20-12(2)21-18-9-13-6-14(10-18)8-15(7-13)11-18;1-5-16(2,3)15(18)19-17(4)13-7-11-6-12(9-13)10-14(17)8-11;1-5-12(2,3)11(14)15-13(4)9-7-6-8-10-13;1-5-11(2,3)10(13)14-12(4)8-6-7-9-12;1-4-10(2,3)9(12)14-7-5-6-13-8(7)11/h13-15H,6-12H2,1-5H3;12-15H,5-11H2,1-4H3;11-14H,5-10H2,1-4H3;5-10H2,1-4H3;5-9H2,1-4H3;7H,4-6H2,1-3H3. The second kappa shape index (κ2) is 34.3. The number of esters is 7. The predicted molar refractivity (Wildman–Crippen MR) is 410 cm³/mol. The first-order valence-electron chi connectivity index (χ1n) is 42.3. The molecule has 15 nitrogen and oxygen atoms in total. The maximum atomic E-state index is 12.6. The molecule has 1 aliphatic heterocycles. The van der Waals surface area contributed by atoms with Crippen molar-refractivity contribution < 1.29 is 71.5 Å². The van der Waals surface area contributed by atoms with Crippen molar-refractivity contribution in [3.05, 3.63) is 0 Å². The van der Waals surface area contributed by atoms with E-state index in [1.54, 1.807) is 13.8 Å². The van der Waals surface area contributed by atoms with Crippen LogP contribution in [0.3, 0.4) is 0 Å². The highest BCUT2D eigenvalue weighted by atomic mass is 16.7. The number of hydrogen-bond donors (Lipinski definition) is 0. The van der Waals surface area contributed by atoms with Crippen LogP contribution < -0.4 is 0 Å². The fourth-order valence-electron chi connectivity index (χ4n) is 19.9. The van der Waals surface area contributed by atoms with Gasteiger partial charge in [0, 0.05) is 11.8 Å². The van der Waals surface area contributed by atoms with Gasteiger partial charge < -0.3 is 37.9 Å². The Morgan fingerprint density at radius 1 is 0.413 bits per heavy atom. The Bertz CT molecular complexity index is 2790. The molecule has 0 spiro atoms. The number of carbonyl (C=O) groups is 7. The summed E-state index contributed by atoms with van der Waals surface area (Å²) in [7, 11) is 0. The van der Waals surface area contributed by atoms with E-state index in [1.807, 2.05) is 104 Å². The van der Waals surface area contributed by atoms with E-state index in [-0.39, 0.29) is 90.9 Å². The van der Waals surface area contributed by atoms with Crippen molar-refractivity contribution in [2.24, 2.45) is 97.1 Å². The molecule has 0 amide bonds. The van der Waals surface area contributed by atoms with Gasteiger partial charge in [0.05, 0.1) is 44.7 Å². The van der Waals surface area contributed by atoms with Crippen molar-refractivity contribution in [3.8, 4) is 0 Å². The second-order valence-corrected chi connectivity index (χ2v) is 40.9. The van der Waals surface area contributed by atoms with Gasteiger partial charge in [-0.3, -0.25) is 28.8 Å². The molecule has 15 fully saturated rings. The first-order valence-corrected chi connectivity index (χ1v) is 42.3. The van der Waals surface area contributed by atoms with Crippen LogP contribution in [0.5, 0.6) is 0 Å². The molecule has 2 unspecified atom stereocenters. The van der Waals surface area contributed by atoms with Crippen LogP contribution in [0.4, 0.5) is 0 Å². The Labute approximate surface area is 632 Å². The van der Waals surface area contributed by atoms with Gasteiger partial charge in [-0.25, -0.2) is 4.79 Å². The zero-order chi connectivity index (χ0) is 77.7. The van der Waals surface area contributed by atoms with Gasteiger partial charge in [-0.05, 0) is 383 Å². The molecule has 0 aromatic heterocycles. The summed E-state index contributed by atoms with van der Waals surface area (Å²) in [5.74, 6) is 7.40. The fraction of sp³-hybridized carbons (Fsp3) is 0.921. The Morgan fingerprint density at radius 3 is 1.09 bits per heavy atom. The van der Waals surface area contributed by atoms with Gasteiger partial charge in [0.1, 0.15) is 22.4 Å². The molecule has 2 atom stereocenters. The average molecular weight is 1460 g/mol. The maximum absolute atomic E-state index is 12.6. The number of hydrogen-bond acceptors (Lipinski definition) is 15. The number of rotatable bonds is 21. The van der Waals surface area contributed by atoms with Gasteiger partial charge >= 0.3 is 41.8 Å². The molecule has 0 aromatic carbocycles. The van der Waals surface area contributed by atoms with E-state index in [0.717, 1.165) is 105 Å². The van der Waals surface area contributed by atoms with Crippen molar-refractivity contribution in [2.75, 3.05) is 6.61 Å². The molecule has 104 heavy (non-hydrogen) atoms. The van der Waals surface area contributed by atoms with Crippen LogP contribution >= 0.6 is 0 Å². The molecule has 1 heterocycles. The van der Waals surface area contributed by atoms with Crippen molar-refractivity contribution in [2.45, 2.75) is 418 Å². The monoisotopic (exact) mass is 1460 g/mol. The maximum Gasteiger partial charge on any atom is 0.347 e. The third-order valence-electron chi connectivity index (χ3n) is 29.4. The van der Waals surface area contributed by atoms with Crippen LogP contribution in [0.15, 0.2) is 0 Å². The van der Waals surface area contributed by atoms with Gasteiger partial charge in [-0.2, -0.15) is 0 Å². The lowest BCUT2D eigenvalue weighted by Crippen LogP contribution is -2.58. The molecular formula is C89H152O15. The highest BCUT2D eigenvalue weighted by molar-refractivity contribution is 5.83. The third-order valence-corrected chi connectivity index (χ3v) is 29.4. The third kappa shape index (κ3) is 21.6. The van der Waals surface area contributed by atoms with E-state index in [4.69, 9.17) is 37.9 Å². The smallest absolute Gasteiger partial charge is 0.347 e. The van der Waals surface area contributed by atoms with Crippen molar-refractivity contribution in [1.82, 2.24) is 0 Å². The van der Waals surface area contributed by atoms with E-state index in [2.05, 4.69) is 48.5 Å². The fourth-order valence-corrected chi connectivity index (χ4v) is 19.9. The molecule has 15 heteroatoms. The summed E-state index contributed by atoms with van der Waals surface area (Å²) < 4.78 is 45.2. The highest BCUT2D eigenvalue weighted by Gasteiger charge is 2.61. The number of cyclic esters (lactones) is 1. The molecule has 12 bridgehead atoms. The number of carbonyl (C=O) groups excluding carboxylic acids is 7. The predicted octanol–water partition coefficient (Wildman–Crippen LogP) is 21.7. The van der Waals surface area contributed by atoms with Gasteiger partial charge in [0.15, 0.2) is 0 Å². The van der Waals surface area contributed by atoms with Crippen molar-refractivity contribution >= 4 is 41.8 Å². The van der Waals surface area contributed by atoms with E-state index >= 15 is 0 Å². The lowest BCUT2D eigenvalue weighted by molar-refractivity contribution is -0.248. The first kappa shape index (κ1) is 87.5. The van der Waals surface area contributed by atoms with Crippen LogP contribution in [0.1, 0.15) is 378 Å². The highest BCUT2D eigenvalue weighted by Crippen LogP contribution is 2.65. The van der Waals surface area contributed by atoms with Gasteiger partial charge in [-0.15, -0.1) is 0 Å². The minimum atomic E-state index is -0.687. The SMILES string of the molecule is CCC(C)(C)C(=O)OC(C)(C)C12CC3CC(CC(C3)C1)C2.CCC(C)(C)C(=O)OC(C)OC12CC3CC(CC(C3)C1)C2.CCC(C)(C)C(=O)OC1(C)C2CC3CC(C2)CC1C3.CCC(C)(C)C(=O)OC1(C)CCCC1.CCC(C)(C)C(=O)OC1(C)CCCCC1.CCC(C)(C)C(=O)OC1CCOC1=O. The molecule has 0 radical (unpaired) electrons. The van der Waals surface area contributed by atoms with Crippen molar-refractivity contribution in [1.29, 1.82) is 0 Å². The Kier molecular flexibility index (Phi) is 28.8. The van der Waals surface area contributed by atoms with E-state index in [1.165, 1.54) is 141 Å². The molecule has 598 valence electrons. The van der Waals surface area contributed by atoms with Gasteiger partial charge in [0.25, 0.3) is 0 Å². The molecular weight excluding hydrogens is 1310 g/mol. The number of ether oxygens (including phenoxy) is 8. The first-order chi connectivity index (χ1) is 48.1. The van der Waals surface area contributed by atoms with E-state index in [9.17, 15) is 33.6 Å². The van der Waals surface area contributed by atoms with Gasteiger partial charge in [-0.1, -0.05) is 48.0 Å². The summed E-state index contributed by atoms with van der Waals surface area (Å²) in [6.45, 7) is 48.4. The summed E-state index contributed by atoms with van der Waals surface area (Å²) in [6.07, 6.45) is 36.9. The average Bonchev–Trinajstić information content (AvgIpc) is 1.00. The summed E-state index contributed by atoms with van der Waals surface area (Å²) in [4.78, 5) is 83.6. The Hall–Kier alpha value is -3.75. The normalized spacial score (nSPS) is 32.7. The topological polar surface area (TPSA) is 193 Å². The molecule has 14 aliphatic carbocycles. The quantitative estimate of drug-likeness (QED) is 0.0598. The van der Waals surface area contributed by atoms with Crippen molar-refractivity contribution in [3.63, 3.8) is 0 Å². The molecule has 0 aromatic rings. The van der Waals surface area contributed by atoms with E-state index in [0.29, 0.717) is 31.3 Å². The van der Waals surface area contributed by atoms with Crippen LogP contribution in [-0.2, 0) is 71.5 Å². The second-order valence-electron chi connectivity index (χ2n) is 40.9. The Balaban J connectivity index is 0.000000176. The zero-order valence-corrected chi connectivity index (χ0v) is 70.6. The molecule has 15 aliphatic rings. The lowest BCUT2D eigenvalue weighted by Gasteiger charge is -2.61. The molecule has 15 rings (SSSR count). The van der Waals surface area contributed by atoms with Gasteiger partial charge in [0.2, 0.25) is 12.4 Å². The minimum absolute atomic E-state index is 0.00477. The summed E-state index contributed by atoms with van der Waals surface area (Å²) in [6, 6.07) is 0. The summed E-state index contributed by atoms with van der Waals surface area (Å²) in [5.41, 5.74) is -2.90. The summed E-state index contributed by atoms with van der Waals surface area (Å²) in [5, 5.41) is 0.